The van der Waals surface area contributed by atoms with Crippen molar-refractivity contribution in [2.24, 2.45) is 34.5 Å². The summed E-state index contributed by atoms with van der Waals surface area (Å²) in [7, 11) is 1.44. The van der Waals surface area contributed by atoms with Gasteiger partial charge in [0.2, 0.25) is 0 Å². The molecular formula is C30H45NO10. The number of aliphatic carboxylic acids is 1. The van der Waals surface area contributed by atoms with Gasteiger partial charge < -0.3 is 35.0 Å². The SMILES string of the molecule is CON(C1O[C@H](C(=O)O)[C@H](O)[C@H](O)[C@H]1O)[C@H]1CC[C@@]2(C)C(CCC3C2CC[C@]2(C)[C@@H](C4=CC(=O)OC4)CC[C@]32O)C1. The summed E-state index contributed by atoms with van der Waals surface area (Å²) in [4.78, 5) is 29.2. The maximum absolute atomic E-state index is 12.4. The lowest BCUT2D eigenvalue weighted by atomic mass is 9.43. The molecule has 11 nitrogen and oxygen atoms in total. The van der Waals surface area contributed by atoms with Gasteiger partial charge in [-0.2, -0.15) is 5.06 Å². The third kappa shape index (κ3) is 4.25. The van der Waals surface area contributed by atoms with Gasteiger partial charge in [0.15, 0.2) is 12.3 Å². The van der Waals surface area contributed by atoms with Crippen LogP contribution in [0, 0.1) is 34.5 Å². The zero-order chi connectivity index (χ0) is 29.5. The summed E-state index contributed by atoms with van der Waals surface area (Å²) < 4.78 is 10.8. The van der Waals surface area contributed by atoms with E-state index in [2.05, 4.69) is 13.8 Å². The Morgan fingerprint density at radius 3 is 2.41 bits per heavy atom. The van der Waals surface area contributed by atoms with Crippen LogP contribution in [0.1, 0.15) is 71.6 Å². The average Bonchev–Trinajstić information content (AvgIpc) is 3.48. The first-order chi connectivity index (χ1) is 19.4. The van der Waals surface area contributed by atoms with Gasteiger partial charge in [-0.15, -0.1) is 0 Å². The molecule has 4 saturated carbocycles. The quantitative estimate of drug-likeness (QED) is 0.236. The van der Waals surface area contributed by atoms with E-state index in [1.807, 2.05) is 0 Å². The number of rotatable bonds is 5. The molecule has 4 unspecified atom stereocenters. The lowest BCUT2D eigenvalue weighted by Crippen LogP contribution is -2.66. The monoisotopic (exact) mass is 579 g/mol. The van der Waals surface area contributed by atoms with Gasteiger partial charge in [0, 0.05) is 17.5 Å². The molecule has 0 aromatic heterocycles. The molecule has 5 N–H and O–H groups in total. The van der Waals surface area contributed by atoms with Crippen molar-refractivity contribution in [3.63, 3.8) is 0 Å². The highest BCUT2D eigenvalue weighted by molar-refractivity contribution is 5.85. The number of hydrogen-bond acceptors (Lipinski definition) is 10. The van der Waals surface area contributed by atoms with Crippen LogP contribution in [0.4, 0.5) is 0 Å². The smallest absolute Gasteiger partial charge is 0.335 e. The lowest BCUT2D eigenvalue weighted by Gasteiger charge is -2.64. The third-order valence-electron chi connectivity index (χ3n) is 12.6. The highest BCUT2D eigenvalue weighted by atomic mass is 16.7. The summed E-state index contributed by atoms with van der Waals surface area (Å²) in [5.74, 6) is -0.674. The molecule has 0 bridgehead atoms. The number of carbonyl (C=O) groups is 2. The van der Waals surface area contributed by atoms with E-state index >= 15 is 0 Å². The maximum atomic E-state index is 12.4. The van der Waals surface area contributed by atoms with Gasteiger partial charge in [-0.1, -0.05) is 13.8 Å². The third-order valence-corrected chi connectivity index (χ3v) is 12.6. The molecule has 6 rings (SSSR count). The second-order valence-electron chi connectivity index (χ2n) is 14.0. The normalized spacial score (nSPS) is 51.4. The number of ether oxygens (including phenoxy) is 2. The van der Waals surface area contributed by atoms with E-state index in [1.54, 1.807) is 6.08 Å². The van der Waals surface area contributed by atoms with E-state index in [9.17, 15) is 35.1 Å². The van der Waals surface area contributed by atoms with Gasteiger partial charge >= 0.3 is 11.9 Å². The summed E-state index contributed by atoms with van der Waals surface area (Å²) in [6.45, 7) is 4.92. The first-order valence-corrected chi connectivity index (χ1v) is 15.2. The van der Waals surface area contributed by atoms with E-state index in [4.69, 9.17) is 14.3 Å². The molecule has 13 atom stereocenters. The zero-order valence-electron chi connectivity index (χ0n) is 24.1. The molecule has 4 aliphatic carbocycles. The van der Waals surface area contributed by atoms with Crippen molar-refractivity contribution in [3.05, 3.63) is 11.6 Å². The number of hydrogen-bond donors (Lipinski definition) is 5. The number of fused-ring (bicyclic) bond motifs is 5. The Hall–Kier alpha value is -1.60. The number of cyclic esters (lactones) is 1. The summed E-state index contributed by atoms with van der Waals surface area (Å²) in [5.41, 5.74) is -0.0478. The number of esters is 1. The topological polar surface area (TPSA) is 166 Å². The molecule has 230 valence electrons. The van der Waals surface area contributed by atoms with Crippen LogP contribution in [0.15, 0.2) is 11.6 Å². The molecule has 0 amide bonds. The average molecular weight is 580 g/mol. The number of hydroxylamine groups is 2. The Labute approximate surface area is 240 Å². The summed E-state index contributed by atoms with van der Waals surface area (Å²) in [6, 6.07) is -0.175. The van der Waals surface area contributed by atoms with Crippen molar-refractivity contribution in [3.8, 4) is 0 Å². The summed E-state index contributed by atoms with van der Waals surface area (Å²) >= 11 is 0. The van der Waals surface area contributed by atoms with Crippen molar-refractivity contribution < 1.29 is 49.4 Å². The van der Waals surface area contributed by atoms with Gasteiger partial charge in [0.05, 0.1) is 12.7 Å². The van der Waals surface area contributed by atoms with Crippen LogP contribution in [-0.2, 0) is 23.9 Å². The molecule has 11 heteroatoms. The van der Waals surface area contributed by atoms with Crippen molar-refractivity contribution in [2.45, 2.75) is 114 Å². The fourth-order valence-electron chi connectivity index (χ4n) is 10.4. The first kappa shape index (κ1) is 29.5. The van der Waals surface area contributed by atoms with Gasteiger partial charge in [0.1, 0.15) is 24.9 Å². The maximum Gasteiger partial charge on any atom is 0.335 e. The Morgan fingerprint density at radius 1 is 1.00 bits per heavy atom. The molecule has 1 saturated heterocycles. The summed E-state index contributed by atoms with van der Waals surface area (Å²) in [5, 5.41) is 54.7. The predicted octanol–water partition coefficient (Wildman–Crippen LogP) is 1.37. The second-order valence-corrected chi connectivity index (χ2v) is 14.0. The number of aliphatic hydroxyl groups is 4. The highest BCUT2D eigenvalue weighted by Gasteiger charge is 2.68. The second kappa shape index (κ2) is 10.2. The Morgan fingerprint density at radius 2 is 1.76 bits per heavy atom. The van der Waals surface area contributed by atoms with E-state index in [1.165, 1.54) is 12.2 Å². The van der Waals surface area contributed by atoms with Crippen LogP contribution in [0.5, 0.6) is 0 Å². The summed E-state index contributed by atoms with van der Waals surface area (Å²) in [6.07, 6.45) is 1.45. The minimum absolute atomic E-state index is 0.00498. The van der Waals surface area contributed by atoms with Crippen molar-refractivity contribution in [1.82, 2.24) is 5.06 Å². The van der Waals surface area contributed by atoms with Crippen LogP contribution in [0.2, 0.25) is 0 Å². The van der Waals surface area contributed by atoms with Gasteiger partial charge in [0.25, 0.3) is 0 Å². The van der Waals surface area contributed by atoms with Crippen LogP contribution in [-0.4, -0.2) is 98.5 Å². The largest absolute Gasteiger partial charge is 0.479 e. The molecule has 2 heterocycles. The zero-order valence-corrected chi connectivity index (χ0v) is 24.1. The molecule has 0 spiro atoms. The fraction of sp³-hybridized carbons (Fsp3) is 0.867. The Bertz CT molecular complexity index is 1100. The van der Waals surface area contributed by atoms with Crippen LogP contribution in [0.25, 0.3) is 0 Å². The predicted molar refractivity (Wildman–Crippen MR) is 143 cm³/mol. The molecule has 0 radical (unpaired) electrons. The lowest BCUT2D eigenvalue weighted by molar-refractivity contribution is -0.339. The van der Waals surface area contributed by atoms with E-state index in [0.717, 1.165) is 63.4 Å². The van der Waals surface area contributed by atoms with E-state index in [-0.39, 0.29) is 34.7 Å². The van der Waals surface area contributed by atoms with Gasteiger partial charge in [-0.3, -0.25) is 4.84 Å². The van der Waals surface area contributed by atoms with Crippen LogP contribution < -0.4 is 0 Å². The van der Waals surface area contributed by atoms with Gasteiger partial charge in [-0.25, -0.2) is 9.59 Å². The first-order valence-electron chi connectivity index (χ1n) is 15.2. The molecule has 2 aliphatic heterocycles. The highest BCUT2D eigenvalue weighted by Crippen LogP contribution is 2.70. The molecule has 5 fully saturated rings. The molecule has 0 aromatic carbocycles. The van der Waals surface area contributed by atoms with Crippen LogP contribution >= 0.6 is 0 Å². The van der Waals surface area contributed by atoms with E-state index in [0.29, 0.717) is 18.4 Å². The van der Waals surface area contributed by atoms with Crippen molar-refractivity contribution >= 4 is 11.9 Å². The number of nitrogens with zero attached hydrogens (tertiary/aromatic N) is 1. The number of aliphatic hydroxyl groups excluding tert-OH is 3. The molecular weight excluding hydrogens is 534 g/mol. The molecule has 0 aromatic rings. The molecule has 6 aliphatic rings. The number of carboxylic acids is 1. The Balaban J connectivity index is 1.20. The van der Waals surface area contributed by atoms with Crippen molar-refractivity contribution in [2.75, 3.05) is 13.7 Å². The van der Waals surface area contributed by atoms with Crippen LogP contribution in [0.3, 0.4) is 0 Å². The van der Waals surface area contributed by atoms with Gasteiger partial charge in [-0.05, 0) is 92.4 Å². The van der Waals surface area contributed by atoms with Crippen molar-refractivity contribution in [1.29, 1.82) is 0 Å². The minimum Gasteiger partial charge on any atom is -0.479 e. The number of carbonyl (C=O) groups excluding carboxylic acids is 1. The molecule has 41 heavy (non-hydrogen) atoms. The fourth-order valence-corrected chi connectivity index (χ4v) is 10.4. The number of carboxylic acid groups (broad SMARTS) is 1. The minimum atomic E-state index is -1.75. The Kier molecular flexibility index (Phi) is 7.37. The van der Waals surface area contributed by atoms with E-state index < -0.39 is 42.2 Å². The standard InChI is InChI=1S/C30H45NO10/c1-28-9-6-17(31(39-3)26-24(35)22(33)23(34)25(41-26)27(36)37)13-16(28)4-5-20-19(28)7-10-29(2)18(8-11-30(20,29)38)15-12-21(32)40-14-15/h12,16-20,22-26,33-35,38H,4-11,13-14H2,1-3H3,(H,36,37)/t16?,17-,18+,19?,20?,22-,23+,24+,25-,26?,28-,29+,30-/m0/s1.